The van der Waals surface area contributed by atoms with Crippen LogP contribution in [0, 0.1) is 22.7 Å². The summed E-state index contributed by atoms with van der Waals surface area (Å²) < 4.78 is 0. The zero-order valence-electron chi connectivity index (χ0n) is 15.2. The van der Waals surface area contributed by atoms with Gasteiger partial charge >= 0.3 is 5.97 Å². The summed E-state index contributed by atoms with van der Waals surface area (Å²) in [5.74, 6) is -1.76. The Balaban J connectivity index is 2.29. The van der Waals surface area contributed by atoms with Crippen molar-refractivity contribution in [1.82, 2.24) is 10.6 Å². The van der Waals surface area contributed by atoms with Gasteiger partial charge in [-0.25, -0.2) is 0 Å². The summed E-state index contributed by atoms with van der Waals surface area (Å²) in [6.07, 6.45) is 0.330. The Morgan fingerprint density at radius 2 is 1.81 bits per heavy atom. The summed E-state index contributed by atoms with van der Waals surface area (Å²) in [6, 6.07) is 11.1. The van der Waals surface area contributed by atoms with Crippen molar-refractivity contribution in [2.24, 2.45) is 0 Å². The number of carboxylic acids is 1. The topological polar surface area (TPSA) is 126 Å². The maximum atomic E-state index is 12.3. The molecule has 7 heteroatoms. The molecule has 0 bridgehead atoms. The minimum atomic E-state index is -0.908. The van der Waals surface area contributed by atoms with Crippen LogP contribution in [0.25, 0.3) is 0 Å². The third kappa shape index (κ3) is 4.53. The molecule has 1 heterocycles. The van der Waals surface area contributed by atoms with Crippen molar-refractivity contribution >= 4 is 11.9 Å². The number of benzene rings is 1. The second-order valence-electron chi connectivity index (χ2n) is 6.24. The van der Waals surface area contributed by atoms with Gasteiger partial charge in [0, 0.05) is 29.9 Å². The molecule has 0 spiro atoms. The predicted octanol–water partition coefficient (Wildman–Crippen LogP) is 2.56. The normalized spacial score (nSPS) is 14.2. The van der Waals surface area contributed by atoms with E-state index < -0.39 is 11.9 Å². The van der Waals surface area contributed by atoms with Crippen molar-refractivity contribution < 1.29 is 14.7 Å². The fourth-order valence-electron chi connectivity index (χ4n) is 3.03. The summed E-state index contributed by atoms with van der Waals surface area (Å²) in [6.45, 7) is 3.82. The number of hydrogen-bond donors (Lipinski definition) is 3. The summed E-state index contributed by atoms with van der Waals surface area (Å²) in [5.41, 5.74) is 3.32. The lowest BCUT2D eigenvalue weighted by Gasteiger charge is -2.26. The Morgan fingerprint density at radius 1 is 1.19 bits per heavy atom. The Labute approximate surface area is 157 Å². The molecule has 1 aromatic carbocycles. The molecule has 1 aliphatic heterocycles. The Bertz CT molecular complexity index is 880. The number of rotatable bonds is 6. The van der Waals surface area contributed by atoms with Crippen molar-refractivity contribution in [2.75, 3.05) is 6.54 Å². The molecule has 0 fully saturated rings. The minimum absolute atomic E-state index is 0.0133. The number of allylic oxidation sites excluding steroid dienone is 4. The Morgan fingerprint density at radius 3 is 2.37 bits per heavy atom. The van der Waals surface area contributed by atoms with Gasteiger partial charge in [0.1, 0.15) is 0 Å². The first-order valence-electron chi connectivity index (χ1n) is 8.47. The van der Waals surface area contributed by atoms with Crippen molar-refractivity contribution in [1.29, 1.82) is 10.5 Å². The van der Waals surface area contributed by atoms with Gasteiger partial charge < -0.3 is 15.7 Å². The molecule has 1 aromatic rings. The SMILES string of the molecule is CC1=C(C#N)C(c2cccc(C(=O)NCCCC(=O)O)c2)C(C#N)=C(C)N1. The molecule has 0 aliphatic carbocycles. The van der Waals surface area contributed by atoms with Crippen LogP contribution in [-0.4, -0.2) is 23.5 Å². The fourth-order valence-corrected chi connectivity index (χ4v) is 3.03. The lowest BCUT2D eigenvalue weighted by atomic mass is 9.81. The smallest absolute Gasteiger partial charge is 0.303 e. The van der Waals surface area contributed by atoms with Crippen LogP contribution in [0.2, 0.25) is 0 Å². The summed E-state index contributed by atoms with van der Waals surface area (Å²) in [7, 11) is 0. The summed E-state index contributed by atoms with van der Waals surface area (Å²) in [5, 5.41) is 33.5. The average Bonchev–Trinajstić information content (AvgIpc) is 2.64. The third-order valence-electron chi connectivity index (χ3n) is 4.34. The molecule has 1 aliphatic rings. The molecule has 0 atom stereocenters. The molecule has 0 radical (unpaired) electrons. The molecule has 0 saturated carbocycles. The Kier molecular flexibility index (Phi) is 6.35. The van der Waals surface area contributed by atoms with E-state index in [-0.39, 0.29) is 18.9 Å². The highest BCUT2D eigenvalue weighted by atomic mass is 16.4. The number of aliphatic carboxylic acids is 1. The van der Waals surface area contributed by atoms with Gasteiger partial charge in [0.15, 0.2) is 0 Å². The highest BCUT2D eigenvalue weighted by molar-refractivity contribution is 5.94. The second kappa shape index (κ2) is 8.68. The number of amides is 1. The van der Waals surface area contributed by atoms with Gasteiger partial charge in [0.05, 0.1) is 29.2 Å². The maximum absolute atomic E-state index is 12.3. The standard InChI is InChI=1S/C20H20N4O3/c1-12-16(10-21)19(17(11-22)13(2)24-12)14-5-3-6-15(9-14)20(27)23-8-4-7-18(25)26/h3,5-6,9,19,24H,4,7-8H2,1-2H3,(H,23,27)(H,25,26). The van der Waals surface area contributed by atoms with Crippen LogP contribution < -0.4 is 10.6 Å². The predicted molar refractivity (Wildman–Crippen MR) is 98.1 cm³/mol. The molecule has 138 valence electrons. The first-order chi connectivity index (χ1) is 12.9. The maximum Gasteiger partial charge on any atom is 0.303 e. The summed E-state index contributed by atoms with van der Waals surface area (Å²) in [4.78, 5) is 22.9. The van der Waals surface area contributed by atoms with E-state index in [4.69, 9.17) is 5.11 Å². The van der Waals surface area contributed by atoms with Crippen molar-refractivity contribution in [3.05, 3.63) is 57.9 Å². The number of carbonyl (C=O) groups is 2. The van der Waals surface area contributed by atoms with Gasteiger partial charge in [-0.1, -0.05) is 12.1 Å². The van der Waals surface area contributed by atoms with Crippen LogP contribution in [0.1, 0.15) is 48.5 Å². The van der Waals surface area contributed by atoms with Crippen LogP contribution >= 0.6 is 0 Å². The van der Waals surface area contributed by atoms with E-state index >= 15 is 0 Å². The molecule has 2 rings (SSSR count). The molecule has 1 amide bonds. The van der Waals surface area contributed by atoms with Crippen molar-refractivity contribution in [3.8, 4) is 12.1 Å². The van der Waals surface area contributed by atoms with Crippen molar-refractivity contribution in [2.45, 2.75) is 32.6 Å². The van der Waals surface area contributed by atoms with Gasteiger partial charge in [0.2, 0.25) is 0 Å². The number of nitrogens with zero attached hydrogens (tertiary/aromatic N) is 2. The molecule has 3 N–H and O–H groups in total. The molecule has 0 saturated heterocycles. The van der Waals surface area contributed by atoms with Crippen molar-refractivity contribution in [3.63, 3.8) is 0 Å². The van der Waals surface area contributed by atoms with Crippen LogP contribution in [-0.2, 0) is 4.79 Å². The molecule has 0 aromatic heterocycles. The number of hydrogen-bond acceptors (Lipinski definition) is 5. The van der Waals surface area contributed by atoms with Gasteiger partial charge in [-0.15, -0.1) is 0 Å². The van der Waals surface area contributed by atoms with E-state index in [0.29, 0.717) is 40.1 Å². The van der Waals surface area contributed by atoms with E-state index in [1.165, 1.54) is 0 Å². The van der Waals surface area contributed by atoms with Gasteiger partial charge in [0.25, 0.3) is 5.91 Å². The minimum Gasteiger partial charge on any atom is -0.481 e. The first-order valence-corrected chi connectivity index (χ1v) is 8.47. The van der Waals surface area contributed by atoms with Crippen LogP contribution in [0.4, 0.5) is 0 Å². The quantitative estimate of drug-likeness (QED) is 0.666. The average molecular weight is 364 g/mol. The van der Waals surface area contributed by atoms with E-state index in [1.54, 1.807) is 38.1 Å². The van der Waals surface area contributed by atoms with E-state index in [9.17, 15) is 20.1 Å². The van der Waals surface area contributed by atoms with Gasteiger partial charge in [-0.3, -0.25) is 9.59 Å². The zero-order valence-corrected chi connectivity index (χ0v) is 15.2. The fraction of sp³-hybridized carbons (Fsp3) is 0.300. The van der Waals surface area contributed by atoms with E-state index in [1.807, 2.05) is 0 Å². The number of carboxylic acid groups (broad SMARTS) is 1. The van der Waals surface area contributed by atoms with Crippen LogP contribution in [0.3, 0.4) is 0 Å². The highest BCUT2D eigenvalue weighted by Gasteiger charge is 2.29. The Hall–Kier alpha value is -3.58. The van der Waals surface area contributed by atoms with Crippen LogP contribution in [0.15, 0.2) is 46.8 Å². The number of nitriles is 2. The van der Waals surface area contributed by atoms with Gasteiger partial charge in [-0.05, 0) is 38.0 Å². The van der Waals surface area contributed by atoms with E-state index in [0.717, 1.165) is 0 Å². The van der Waals surface area contributed by atoms with Crippen LogP contribution in [0.5, 0.6) is 0 Å². The molecule has 7 nitrogen and oxygen atoms in total. The molecular formula is C20H20N4O3. The largest absolute Gasteiger partial charge is 0.481 e. The first kappa shape index (κ1) is 19.7. The summed E-state index contributed by atoms with van der Waals surface area (Å²) >= 11 is 0. The lowest BCUT2D eigenvalue weighted by molar-refractivity contribution is -0.137. The molecule has 0 unspecified atom stereocenters. The second-order valence-corrected chi connectivity index (χ2v) is 6.24. The monoisotopic (exact) mass is 364 g/mol. The number of nitrogens with one attached hydrogen (secondary N) is 2. The van der Waals surface area contributed by atoms with E-state index in [2.05, 4.69) is 22.8 Å². The van der Waals surface area contributed by atoms with Gasteiger partial charge in [-0.2, -0.15) is 10.5 Å². The third-order valence-corrected chi connectivity index (χ3v) is 4.34. The molecule has 27 heavy (non-hydrogen) atoms. The lowest BCUT2D eigenvalue weighted by Crippen LogP contribution is -2.26. The number of dihydropyridines is 1. The number of carbonyl (C=O) groups excluding carboxylic acids is 1. The molecular weight excluding hydrogens is 344 g/mol. The highest BCUT2D eigenvalue weighted by Crippen LogP contribution is 2.37. The zero-order chi connectivity index (χ0) is 20.0.